The van der Waals surface area contributed by atoms with Gasteiger partial charge in [0.1, 0.15) is 17.8 Å². The summed E-state index contributed by atoms with van der Waals surface area (Å²) >= 11 is 0. The van der Waals surface area contributed by atoms with Crippen LogP contribution in [0.5, 0.6) is 5.75 Å². The lowest BCUT2D eigenvalue weighted by atomic mass is 10.0. The van der Waals surface area contributed by atoms with Gasteiger partial charge in [-0.25, -0.2) is 4.79 Å². The standard InChI is InChI=1S/C26H33N5O5/c27-12-4-3-6-20(28)24(33)30-22(14-17-15-29-21-7-2-1-5-19(17)21)25(34)31-23(26(35)36)13-16-8-10-18(32)11-9-16/h1-2,5,7-11,15,20,22-23,29,32H,3-4,6,12-14,27-28H2,(H,30,33)(H,31,34)(H,35,36). The van der Waals surface area contributed by atoms with Crippen LogP contribution in [0.15, 0.2) is 54.7 Å². The van der Waals surface area contributed by atoms with E-state index in [-0.39, 0.29) is 18.6 Å². The number of amides is 2. The van der Waals surface area contributed by atoms with Crippen molar-refractivity contribution in [3.8, 4) is 5.75 Å². The maximum Gasteiger partial charge on any atom is 0.326 e. The van der Waals surface area contributed by atoms with Gasteiger partial charge in [0.2, 0.25) is 11.8 Å². The molecule has 192 valence electrons. The van der Waals surface area contributed by atoms with Gasteiger partial charge >= 0.3 is 5.97 Å². The summed E-state index contributed by atoms with van der Waals surface area (Å²) in [5.74, 6) is -2.28. The van der Waals surface area contributed by atoms with Crippen molar-refractivity contribution in [3.63, 3.8) is 0 Å². The van der Waals surface area contributed by atoms with E-state index < -0.39 is 35.9 Å². The summed E-state index contributed by atoms with van der Waals surface area (Å²) < 4.78 is 0. The number of phenolic OH excluding ortho intramolecular Hbond substituents is 1. The van der Waals surface area contributed by atoms with E-state index in [1.807, 2.05) is 24.3 Å². The second-order valence-electron chi connectivity index (χ2n) is 8.79. The molecule has 2 aromatic carbocycles. The molecule has 10 nitrogen and oxygen atoms in total. The minimum absolute atomic E-state index is 0.00765. The monoisotopic (exact) mass is 495 g/mol. The van der Waals surface area contributed by atoms with Gasteiger partial charge in [0.25, 0.3) is 0 Å². The number of aromatic amines is 1. The van der Waals surface area contributed by atoms with Crippen molar-refractivity contribution in [1.29, 1.82) is 0 Å². The lowest BCUT2D eigenvalue weighted by Crippen LogP contribution is -2.55. The van der Waals surface area contributed by atoms with Gasteiger partial charge in [0.05, 0.1) is 6.04 Å². The number of H-pyrrole nitrogens is 1. The van der Waals surface area contributed by atoms with E-state index >= 15 is 0 Å². The van der Waals surface area contributed by atoms with Crippen LogP contribution in [-0.2, 0) is 27.2 Å². The van der Waals surface area contributed by atoms with Crippen molar-refractivity contribution in [2.24, 2.45) is 11.5 Å². The van der Waals surface area contributed by atoms with E-state index in [1.165, 1.54) is 12.1 Å². The Balaban J connectivity index is 1.78. The molecule has 1 heterocycles. The molecule has 3 atom stereocenters. The smallest absolute Gasteiger partial charge is 0.326 e. The molecule has 10 heteroatoms. The molecular weight excluding hydrogens is 462 g/mol. The lowest BCUT2D eigenvalue weighted by Gasteiger charge is -2.23. The molecule has 0 radical (unpaired) electrons. The molecule has 0 spiro atoms. The number of carbonyl (C=O) groups excluding carboxylic acids is 2. The number of rotatable bonds is 13. The van der Waals surface area contributed by atoms with Gasteiger partial charge in [0, 0.05) is 29.9 Å². The van der Waals surface area contributed by atoms with E-state index in [4.69, 9.17) is 11.5 Å². The highest BCUT2D eigenvalue weighted by atomic mass is 16.4. The molecule has 9 N–H and O–H groups in total. The summed E-state index contributed by atoms with van der Waals surface area (Å²) in [6, 6.07) is 10.5. The third-order valence-electron chi connectivity index (χ3n) is 6.03. The number of unbranched alkanes of at least 4 members (excludes halogenated alkanes) is 1. The van der Waals surface area contributed by atoms with Crippen LogP contribution < -0.4 is 22.1 Å². The Morgan fingerprint density at radius 1 is 0.917 bits per heavy atom. The molecular formula is C26H33N5O5. The molecule has 0 bridgehead atoms. The largest absolute Gasteiger partial charge is 0.508 e. The van der Waals surface area contributed by atoms with Crippen LogP contribution in [0, 0.1) is 0 Å². The molecule has 0 saturated heterocycles. The van der Waals surface area contributed by atoms with Crippen molar-refractivity contribution in [2.45, 2.75) is 50.2 Å². The first-order valence-corrected chi connectivity index (χ1v) is 11.9. The minimum atomic E-state index is -1.23. The number of phenols is 1. The lowest BCUT2D eigenvalue weighted by molar-refractivity contribution is -0.142. The Bertz CT molecular complexity index is 1180. The number of carbonyl (C=O) groups is 3. The quantitative estimate of drug-likeness (QED) is 0.174. The average Bonchev–Trinajstić information content (AvgIpc) is 3.27. The van der Waals surface area contributed by atoms with Crippen molar-refractivity contribution in [2.75, 3.05) is 6.54 Å². The number of hydrogen-bond donors (Lipinski definition) is 7. The maximum absolute atomic E-state index is 13.3. The zero-order valence-corrected chi connectivity index (χ0v) is 19.9. The number of aliphatic carboxylic acids is 1. The predicted molar refractivity (Wildman–Crippen MR) is 136 cm³/mol. The van der Waals surface area contributed by atoms with Crippen molar-refractivity contribution in [3.05, 3.63) is 65.9 Å². The maximum atomic E-state index is 13.3. The summed E-state index contributed by atoms with van der Waals surface area (Å²) in [6.45, 7) is 0.498. The van der Waals surface area contributed by atoms with Crippen molar-refractivity contribution in [1.82, 2.24) is 15.6 Å². The highest BCUT2D eigenvalue weighted by Crippen LogP contribution is 2.19. The van der Waals surface area contributed by atoms with E-state index in [1.54, 1.807) is 18.3 Å². The number of nitrogens with one attached hydrogen (secondary N) is 3. The van der Waals surface area contributed by atoms with E-state index in [0.29, 0.717) is 24.9 Å². The zero-order chi connectivity index (χ0) is 26.1. The number of aromatic nitrogens is 1. The van der Waals surface area contributed by atoms with E-state index in [0.717, 1.165) is 22.9 Å². The first kappa shape index (κ1) is 26.7. The number of fused-ring (bicyclic) bond motifs is 1. The summed E-state index contributed by atoms with van der Waals surface area (Å²) in [4.78, 5) is 41.1. The number of benzene rings is 2. The second kappa shape index (κ2) is 12.7. The summed E-state index contributed by atoms with van der Waals surface area (Å²) in [5.41, 5.74) is 13.8. The Kier molecular flexibility index (Phi) is 9.43. The van der Waals surface area contributed by atoms with Crippen LogP contribution >= 0.6 is 0 Å². The van der Waals surface area contributed by atoms with Crippen molar-refractivity contribution >= 4 is 28.7 Å². The van der Waals surface area contributed by atoms with Crippen LogP contribution in [0.2, 0.25) is 0 Å². The first-order chi connectivity index (χ1) is 17.3. The predicted octanol–water partition coefficient (Wildman–Crippen LogP) is 1.17. The van der Waals surface area contributed by atoms with E-state index in [9.17, 15) is 24.6 Å². The normalized spacial score (nSPS) is 13.6. The number of para-hydroxylation sites is 1. The Morgan fingerprint density at radius 2 is 1.61 bits per heavy atom. The fourth-order valence-electron chi connectivity index (χ4n) is 3.99. The third-order valence-corrected chi connectivity index (χ3v) is 6.03. The first-order valence-electron chi connectivity index (χ1n) is 11.9. The van der Waals surface area contributed by atoms with Gasteiger partial charge in [-0.1, -0.05) is 36.8 Å². The van der Waals surface area contributed by atoms with Crippen LogP contribution in [0.3, 0.4) is 0 Å². The van der Waals surface area contributed by atoms with Crippen LogP contribution in [0.1, 0.15) is 30.4 Å². The van der Waals surface area contributed by atoms with Crippen LogP contribution in [0.4, 0.5) is 0 Å². The second-order valence-corrected chi connectivity index (χ2v) is 8.79. The number of carboxylic acids is 1. The van der Waals surface area contributed by atoms with Crippen LogP contribution in [0.25, 0.3) is 10.9 Å². The topological polar surface area (TPSA) is 184 Å². The Morgan fingerprint density at radius 3 is 2.31 bits per heavy atom. The minimum Gasteiger partial charge on any atom is -0.508 e. The Labute approximate surface area is 209 Å². The average molecular weight is 496 g/mol. The molecule has 0 fully saturated rings. The fourth-order valence-corrected chi connectivity index (χ4v) is 3.99. The summed E-state index contributed by atoms with van der Waals surface area (Å²) in [6.07, 6.45) is 3.75. The summed E-state index contributed by atoms with van der Waals surface area (Å²) in [7, 11) is 0. The number of hydrogen-bond acceptors (Lipinski definition) is 6. The number of aromatic hydroxyl groups is 1. The van der Waals surface area contributed by atoms with Crippen LogP contribution in [-0.4, -0.2) is 57.7 Å². The molecule has 3 rings (SSSR count). The van der Waals surface area contributed by atoms with E-state index in [2.05, 4.69) is 15.6 Å². The zero-order valence-electron chi connectivity index (χ0n) is 19.9. The van der Waals surface area contributed by atoms with Gasteiger partial charge in [0.15, 0.2) is 0 Å². The van der Waals surface area contributed by atoms with Gasteiger partial charge in [-0.3, -0.25) is 9.59 Å². The molecule has 2 amide bonds. The number of carboxylic acid groups (broad SMARTS) is 1. The highest BCUT2D eigenvalue weighted by Gasteiger charge is 2.29. The Hall–Kier alpha value is -3.89. The molecule has 3 unspecified atom stereocenters. The summed E-state index contributed by atoms with van der Waals surface area (Å²) in [5, 5.41) is 25.4. The molecule has 36 heavy (non-hydrogen) atoms. The third kappa shape index (κ3) is 7.30. The molecule has 0 aliphatic carbocycles. The van der Waals surface area contributed by atoms with Gasteiger partial charge in [-0.15, -0.1) is 0 Å². The molecule has 0 aliphatic heterocycles. The fraction of sp³-hybridized carbons (Fsp3) is 0.346. The molecule has 3 aromatic rings. The van der Waals surface area contributed by atoms with Crippen molar-refractivity contribution < 1.29 is 24.6 Å². The molecule has 1 aromatic heterocycles. The van der Waals surface area contributed by atoms with Gasteiger partial charge < -0.3 is 37.3 Å². The number of nitrogens with two attached hydrogens (primary N) is 2. The molecule has 0 saturated carbocycles. The van der Waals surface area contributed by atoms with Gasteiger partial charge in [-0.2, -0.15) is 0 Å². The highest BCUT2D eigenvalue weighted by molar-refractivity contribution is 5.93. The SMILES string of the molecule is NCCCCC(N)C(=O)NC(Cc1c[nH]c2ccccc12)C(=O)NC(Cc1ccc(O)cc1)C(=O)O. The van der Waals surface area contributed by atoms with Gasteiger partial charge in [-0.05, 0) is 48.7 Å². The molecule has 0 aliphatic rings.